The Balaban J connectivity index is 1.86. The number of benzene rings is 2. The molecular formula is C14H10FNO4. The maximum Gasteiger partial charge on any atom is 0.262 e. The molecule has 0 saturated heterocycles. The highest BCUT2D eigenvalue weighted by molar-refractivity contribution is 6.06. The highest BCUT2D eigenvalue weighted by Gasteiger charge is 2.18. The molecule has 0 bridgehead atoms. The van der Waals surface area contributed by atoms with Crippen molar-refractivity contribution in [3.63, 3.8) is 0 Å². The summed E-state index contributed by atoms with van der Waals surface area (Å²) in [6.07, 6.45) is 0. The van der Waals surface area contributed by atoms with Crippen molar-refractivity contribution in [3.05, 3.63) is 47.8 Å². The van der Waals surface area contributed by atoms with Gasteiger partial charge in [-0.05, 0) is 24.3 Å². The quantitative estimate of drug-likeness (QED) is 0.883. The molecule has 2 N–H and O–H groups in total. The number of hydrogen-bond acceptors (Lipinski definition) is 4. The van der Waals surface area contributed by atoms with Crippen LogP contribution in [0.25, 0.3) is 0 Å². The van der Waals surface area contributed by atoms with E-state index in [1.165, 1.54) is 12.1 Å². The van der Waals surface area contributed by atoms with E-state index < -0.39 is 23.0 Å². The first kappa shape index (κ1) is 12.3. The monoisotopic (exact) mass is 275 g/mol. The maximum absolute atomic E-state index is 13.6. The van der Waals surface area contributed by atoms with Crippen molar-refractivity contribution < 1.29 is 23.8 Å². The largest absolute Gasteiger partial charge is 0.507 e. The number of aromatic hydroxyl groups is 1. The van der Waals surface area contributed by atoms with Gasteiger partial charge in [-0.25, -0.2) is 4.39 Å². The number of hydrogen-bond donors (Lipinski definition) is 2. The average molecular weight is 275 g/mol. The molecule has 2 aromatic carbocycles. The number of anilines is 1. The molecule has 1 heterocycles. The van der Waals surface area contributed by atoms with E-state index >= 15 is 0 Å². The minimum Gasteiger partial charge on any atom is -0.507 e. The lowest BCUT2D eigenvalue weighted by molar-refractivity contribution is 0.102. The number of rotatable bonds is 2. The Labute approximate surface area is 113 Å². The lowest BCUT2D eigenvalue weighted by Crippen LogP contribution is -2.13. The predicted molar refractivity (Wildman–Crippen MR) is 68.6 cm³/mol. The summed E-state index contributed by atoms with van der Waals surface area (Å²) in [6.45, 7) is 0.126. The molecule has 3 rings (SSSR count). The molecule has 102 valence electrons. The number of carbonyl (C=O) groups is 1. The van der Waals surface area contributed by atoms with Crippen LogP contribution in [0.1, 0.15) is 10.4 Å². The summed E-state index contributed by atoms with van der Waals surface area (Å²) in [4.78, 5) is 12.0. The fourth-order valence-electron chi connectivity index (χ4n) is 1.91. The molecule has 0 atom stereocenters. The van der Waals surface area contributed by atoms with Gasteiger partial charge in [-0.2, -0.15) is 0 Å². The Morgan fingerprint density at radius 3 is 2.80 bits per heavy atom. The standard InChI is InChI=1S/C14H10FNO4/c15-9-2-1-3-10(17)13(9)14(18)16-8-4-5-11-12(6-8)20-7-19-11/h1-6,17H,7H2,(H,16,18). The number of fused-ring (bicyclic) bond motifs is 1. The van der Waals surface area contributed by atoms with Gasteiger partial charge in [0, 0.05) is 11.8 Å². The number of amides is 1. The number of nitrogens with one attached hydrogen (secondary N) is 1. The van der Waals surface area contributed by atoms with E-state index in [0.717, 1.165) is 6.07 Å². The molecule has 0 radical (unpaired) electrons. The van der Waals surface area contributed by atoms with Crippen molar-refractivity contribution in [3.8, 4) is 17.2 Å². The molecule has 0 aliphatic carbocycles. The number of phenols is 1. The van der Waals surface area contributed by atoms with Gasteiger partial charge >= 0.3 is 0 Å². The van der Waals surface area contributed by atoms with E-state index in [2.05, 4.69) is 5.32 Å². The van der Waals surface area contributed by atoms with Crippen LogP contribution < -0.4 is 14.8 Å². The van der Waals surface area contributed by atoms with Crippen LogP contribution in [0.3, 0.4) is 0 Å². The Morgan fingerprint density at radius 1 is 1.20 bits per heavy atom. The molecule has 0 saturated carbocycles. The van der Waals surface area contributed by atoms with Gasteiger partial charge in [0.2, 0.25) is 6.79 Å². The Bertz CT molecular complexity index is 667. The molecule has 0 fully saturated rings. The van der Waals surface area contributed by atoms with E-state index in [9.17, 15) is 14.3 Å². The van der Waals surface area contributed by atoms with E-state index in [0.29, 0.717) is 17.2 Å². The van der Waals surface area contributed by atoms with Gasteiger partial charge in [0.25, 0.3) is 5.91 Å². The van der Waals surface area contributed by atoms with E-state index in [1.54, 1.807) is 18.2 Å². The lowest BCUT2D eigenvalue weighted by atomic mass is 10.1. The van der Waals surface area contributed by atoms with Crippen molar-refractivity contribution in [2.45, 2.75) is 0 Å². The van der Waals surface area contributed by atoms with Gasteiger partial charge in [-0.1, -0.05) is 6.07 Å². The van der Waals surface area contributed by atoms with E-state index in [1.807, 2.05) is 0 Å². The third kappa shape index (κ3) is 2.11. The lowest BCUT2D eigenvalue weighted by Gasteiger charge is -2.08. The van der Waals surface area contributed by atoms with Crippen molar-refractivity contribution in [1.82, 2.24) is 0 Å². The predicted octanol–water partition coefficient (Wildman–Crippen LogP) is 2.51. The van der Waals surface area contributed by atoms with Crippen LogP contribution in [0.4, 0.5) is 10.1 Å². The van der Waals surface area contributed by atoms with Gasteiger partial charge in [0.15, 0.2) is 11.5 Å². The molecule has 1 aliphatic heterocycles. The van der Waals surface area contributed by atoms with E-state index in [-0.39, 0.29) is 6.79 Å². The van der Waals surface area contributed by atoms with Crippen LogP contribution in [-0.4, -0.2) is 17.8 Å². The molecule has 2 aromatic rings. The van der Waals surface area contributed by atoms with Crippen LogP contribution in [0.2, 0.25) is 0 Å². The molecule has 1 aliphatic rings. The number of halogens is 1. The number of carbonyl (C=O) groups excluding carboxylic acids is 1. The van der Waals surface area contributed by atoms with Crippen molar-refractivity contribution in [2.24, 2.45) is 0 Å². The van der Waals surface area contributed by atoms with Crippen molar-refractivity contribution in [2.75, 3.05) is 12.1 Å². The van der Waals surface area contributed by atoms with E-state index in [4.69, 9.17) is 9.47 Å². The third-order valence-electron chi connectivity index (χ3n) is 2.85. The first-order valence-electron chi connectivity index (χ1n) is 5.83. The van der Waals surface area contributed by atoms with Crippen molar-refractivity contribution in [1.29, 1.82) is 0 Å². The Morgan fingerprint density at radius 2 is 2.00 bits per heavy atom. The van der Waals surface area contributed by atoms with Gasteiger partial charge in [0.05, 0.1) is 0 Å². The highest BCUT2D eigenvalue weighted by atomic mass is 19.1. The molecule has 0 aromatic heterocycles. The normalized spacial score (nSPS) is 12.2. The Kier molecular flexibility index (Phi) is 2.90. The zero-order valence-electron chi connectivity index (χ0n) is 10.2. The molecule has 5 nitrogen and oxygen atoms in total. The van der Waals surface area contributed by atoms with Crippen LogP contribution in [0.5, 0.6) is 17.2 Å². The van der Waals surface area contributed by atoms with Gasteiger partial charge < -0.3 is 19.9 Å². The summed E-state index contributed by atoms with van der Waals surface area (Å²) in [6, 6.07) is 8.48. The van der Waals surface area contributed by atoms with Gasteiger partial charge in [-0.3, -0.25) is 4.79 Å². The summed E-state index contributed by atoms with van der Waals surface area (Å²) < 4.78 is 23.9. The number of ether oxygens (including phenoxy) is 2. The molecule has 0 spiro atoms. The summed E-state index contributed by atoms with van der Waals surface area (Å²) in [5, 5.41) is 12.0. The smallest absolute Gasteiger partial charge is 0.262 e. The molecule has 1 amide bonds. The van der Waals surface area contributed by atoms with Gasteiger partial charge in [-0.15, -0.1) is 0 Å². The zero-order valence-corrected chi connectivity index (χ0v) is 10.2. The van der Waals surface area contributed by atoms with Crippen LogP contribution in [0.15, 0.2) is 36.4 Å². The third-order valence-corrected chi connectivity index (χ3v) is 2.85. The second kappa shape index (κ2) is 4.73. The molecule has 6 heteroatoms. The minimum absolute atomic E-state index is 0.126. The minimum atomic E-state index is -0.789. The van der Waals surface area contributed by atoms with Crippen molar-refractivity contribution >= 4 is 11.6 Å². The fraction of sp³-hybridized carbons (Fsp3) is 0.0714. The fourth-order valence-corrected chi connectivity index (χ4v) is 1.91. The second-order valence-corrected chi connectivity index (χ2v) is 4.16. The van der Waals surface area contributed by atoms with Crippen LogP contribution >= 0.6 is 0 Å². The van der Waals surface area contributed by atoms with Crippen LogP contribution in [-0.2, 0) is 0 Å². The summed E-state index contributed by atoms with van der Waals surface area (Å²) in [5.41, 5.74) is 0.0204. The molecule has 20 heavy (non-hydrogen) atoms. The first-order chi connectivity index (χ1) is 9.65. The topological polar surface area (TPSA) is 67.8 Å². The summed E-state index contributed by atoms with van der Waals surface area (Å²) >= 11 is 0. The van der Waals surface area contributed by atoms with Crippen LogP contribution in [0, 0.1) is 5.82 Å². The van der Waals surface area contributed by atoms with Gasteiger partial charge in [0.1, 0.15) is 17.1 Å². The zero-order chi connectivity index (χ0) is 14.1. The average Bonchev–Trinajstić information content (AvgIpc) is 2.85. The second-order valence-electron chi connectivity index (χ2n) is 4.16. The number of phenolic OH excluding ortho intramolecular Hbond substituents is 1. The SMILES string of the molecule is O=C(Nc1ccc2c(c1)OCO2)c1c(O)cccc1F. The molecular weight excluding hydrogens is 265 g/mol. The highest BCUT2D eigenvalue weighted by Crippen LogP contribution is 2.34. The summed E-state index contributed by atoms with van der Waals surface area (Å²) in [7, 11) is 0. The Hall–Kier alpha value is -2.76. The summed E-state index contributed by atoms with van der Waals surface area (Å²) in [5.74, 6) is -0.858. The first-order valence-corrected chi connectivity index (χ1v) is 5.83. The maximum atomic E-state index is 13.6. The molecule has 0 unspecified atom stereocenters.